The van der Waals surface area contributed by atoms with Crippen LogP contribution in [0.1, 0.15) is 22.5 Å². The van der Waals surface area contributed by atoms with Crippen molar-refractivity contribution >= 4 is 17.3 Å². The fourth-order valence-electron chi connectivity index (χ4n) is 2.00. The highest BCUT2D eigenvalue weighted by molar-refractivity contribution is 6.02. The van der Waals surface area contributed by atoms with Crippen LogP contribution in [0.5, 0.6) is 0 Å². The summed E-state index contributed by atoms with van der Waals surface area (Å²) < 4.78 is 4.99. The number of benzene rings is 1. The normalized spacial score (nSPS) is 10.3. The van der Waals surface area contributed by atoms with E-state index in [4.69, 9.17) is 4.74 Å². The zero-order valence-electron chi connectivity index (χ0n) is 12.9. The van der Waals surface area contributed by atoms with Crippen LogP contribution >= 0.6 is 0 Å². The van der Waals surface area contributed by atoms with Gasteiger partial charge in [-0.3, -0.25) is 4.79 Å². The van der Waals surface area contributed by atoms with Crippen molar-refractivity contribution in [3.63, 3.8) is 0 Å². The molecule has 1 amide bonds. The molecule has 0 aliphatic heterocycles. The maximum absolute atomic E-state index is 12.1. The summed E-state index contributed by atoms with van der Waals surface area (Å²) in [6.07, 6.45) is 2.59. The van der Waals surface area contributed by atoms with Crippen LogP contribution in [0.15, 0.2) is 42.6 Å². The number of amides is 1. The van der Waals surface area contributed by atoms with Crippen molar-refractivity contribution in [1.29, 1.82) is 0 Å². The summed E-state index contributed by atoms with van der Waals surface area (Å²) in [5.41, 5.74) is 3.15. The van der Waals surface area contributed by atoms with Crippen molar-refractivity contribution in [1.82, 2.24) is 4.98 Å². The predicted octanol–water partition coefficient (Wildman–Crippen LogP) is 3.09. The average molecular weight is 299 g/mol. The molecule has 5 heteroatoms. The van der Waals surface area contributed by atoms with Gasteiger partial charge in [0.25, 0.3) is 5.91 Å². The highest BCUT2D eigenvalue weighted by Crippen LogP contribution is 2.12. The molecule has 0 aliphatic rings. The summed E-state index contributed by atoms with van der Waals surface area (Å²) in [4.78, 5) is 16.3. The first kappa shape index (κ1) is 16.0. The molecule has 0 atom stereocenters. The van der Waals surface area contributed by atoms with E-state index in [1.807, 2.05) is 37.3 Å². The van der Waals surface area contributed by atoms with E-state index in [1.165, 1.54) is 0 Å². The van der Waals surface area contributed by atoms with Gasteiger partial charge in [0.2, 0.25) is 0 Å². The van der Waals surface area contributed by atoms with Crippen LogP contribution in [0.4, 0.5) is 11.4 Å². The summed E-state index contributed by atoms with van der Waals surface area (Å²) in [5, 5.41) is 6.07. The quantitative estimate of drug-likeness (QED) is 0.771. The molecule has 1 heterocycles. The van der Waals surface area contributed by atoms with Gasteiger partial charge in [0, 0.05) is 25.9 Å². The lowest BCUT2D eigenvalue weighted by atomic mass is 10.2. The molecule has 0 saturated heterocycles. The number of carbonyl (C=O) groups excluding carboxylic acids is 1. The lowest BCUT2D eigenvalue weighted by Gasteiger charge is -2.08. The number of hydrogen-bond acceptors (Lipinski definition) is 4. The molecule has 0 saturated carbocycles. The van der Waals surface area contributed by atoms with Crippen LogP contribution < -0.4 is 10.6 Å². The van der Waals surface area contributed by atoms with E-state index in [-0.39, 0.29) is 5.91 Å². The van der Waals surface area contributed by atoms with Gasteiger partial charge in [-0.15, -0.1) is 0 Å². The average Bonchev–Trinajstić information content (AvgIpc) is 2.52. The third kappa shape index (κ3) is 4.86. The van der Waals surface area contributed by atoms with Crippen molar-refractivity contribution in [2.24, 2.45) is 0 Å². The van der Waals surface area contributed by atoms with Gasteiger partial charge >= 0.3 is 0 Å². The lowest BCUT2D eigenvalue weighted by molar-refractivity contribution is 0.102. The van der Waals surface area contributed by atoms with Crippen molar-refractivity contribution in [3.05, 3.63) is 53.9 Å². The van der Waals surface area contributed by atoms with Gasteiger partial charge in [-0.25, -0.2) is 4.98 Å². The minimum atomic E-state index is -0.212. The molecule has 1 aromatic heterocycles. The molecular formula is C17H21N3O2. The number of methoxy groups -OCH3 is 1. The third-order valence-corrected chi connectivity index (χ3v) is 3.13. The lowest BCUT2D eigenvalue weighted by Crippen LogP contribution is -2.14. The van der Waals surface area contributed by atoms with Crippen LogP contribution in [-0.2, 0) is 4.74 Å². The van der Waals surface area contributed by atoms with Gasteiger partial charge in [-0.05, 0) is 43.2 Å². The molecule has 22 heavy (non-hydrogen) atoms. The molecule has 2 rings (SSSR count). The van der Waals surface area contributed by atoms with Crippen molar-refractivity contribution in [2.75, 3.05) is 30.9 Å². The van der Waals surface area contributed by atoms with E-state index in [1.54, 1.807) is 19.4 Å². The smallest absolute Gasteiger partial charge is 0.274 e. The second-order valence-corrected chi connectivity index (χ2v) is 5.03. The number of nitrogens with one attached hydrogen (secondary N) is 2. The summed E-state index contributed by atoms with van der Waals surface area (Å²) in [6.45, 7) is 3.51. The number of carbonyl (C=O) groups is 1. The van der Waals surface area contributed by atoms with Crippen molar-refractivity contribution in [2.45, 2.75) is 13.3 Å². The van der Waals surface area contributed by atoms with Gasteiger partial charge < -0.3 is 15.4 Å². The molecule has 0 unspecified atom stereocenters. The zero-order valence-corrected chi connectivity index (χ0v) is 12.9. The Morgan fingerprint density at radius 1 is 1.23 bits per heavy atom. The Labute approximate surface area is 130 Å². The number of rotatable bonds is 7. The number of nitrogens with zero attached hydrogens (tertiary/aromatic N) is 1. The summed E-state index contributed by atoms with van der Waals surface area (Å²) in [6, 6.07) is 11.2. The minimum Gasteiger partial charge on any atom is -0.385 e. The van der Waals surface area contributed by atoms with E-state index >= 15 is 0 Å². The van der Waals surface area contributed by atoms with E-state index in [0.29, 0.717) is 5.69 Å². The fourth-order valence-corrected chi connectivity index (χ4v) is 2.00. The molecule has 116 valence electrons. The fraction of sp³-hybridized carbons (Fsp3) is 0.294. The second-order valence-electron chi connectivity index (χ2n) is 5.03. The van der Waals surface area contributed by atoms with Crippen molar-refractivity contribution in [3.8, 4) is 0 Å². The Morgan fingerprint density at radius 2 is 2.09 bits per heavy atom. The molecule has 0 fully saturated rings. The highest BCUT2D eigenvalue weighted by Gasteiger charge is 2.07. The Balaban J connectivity index is 1.90. The number of aromatic nitrogens is 1. The molecule has 2 N–H and O–H groups in total. The molecule has 5 nitrogen and oxygen atoms in total. The SMILES string of the molecule is COCCCNc1ccc(C(=O)Nc2cccc(C)c2)nc1. The Morgan fingerprint density at radius 3 is 2.77 bits per heavy atom. The third-order valence-electron chi connectivity index (χ3n) is 3.13. The number of pyridine rings is 1. The number of ether oxygens (including phenoxy) is 1. The highest BCUT2D eigenvalue weighted by atomic mass is 16.5. The van der Waals surface area contributed by atoms with Gasteiger partial charge in [-0.2, -0.15) is 0 Å². The number of hydrogen-bond donors (Lipinski definition) is 2. The predicted molar refractivity (Wildman–Crippen MR) is 88.4 cm³/mol. The summed E-state index contributed by atoms with van der Waals surface area (Å²) in [5.74, 6) is -0.212. The number of aryl methyl sites for hydroxylation is 1. The molecule has 0 radical (unpaired) electrons. The monoisotopic (exact) mass is 299 g/mol. The molecule has 1 aromatic carbocycles. The van der Waals surface area contributed by atoms with Gasteiger partial charge in [-0.1, -0.05) is 12.1 Å². The molecule has 0 bridgehead atoms. The first-order valence-corrected chi connectivity index (χ1v) is 7.26. The Bertz CT molecular complexity index is 612. The molecule has 0 spiro atoms. The van der Waals surface area contributed by atoms with Gasteiger partial charge in [0.1, 0.15) is 5.69 Å². The summed E-state index contributed by atoms with van der Waals surface area (Å²) >= 11 is 0. The van der Waals surface area contributed by atoms with Crippen LogP contribution in [0, 0.1) is 6.92 Å². The Hall–Kier alpha value is -2.40. The zero-order chi connectivity index (χ0) is 15.8. The minimum absolute atomic E-state index is 0.212. The first-order chi connectivity index (χ1) is 10.7. The van der Waals surface area contributed by atoms with Crippen LogP contribution in [-0.4, -0.2) is 31.2 Å². The van der Waals surface area contributed by atoms with Crippen LogP contribution in [0.2, 0.25) is 0 Å². The van der Waals surface area contributed by atoms with Gasteiger partial charge in [0.15, 0.2) is 0 Å². The van der Waals surface area contributed by atoms with Crippen LogP contribution in [0.3, 0.4) is 0 Å². The molecule has 2 aromatic rings. The van der Waals surface area contributed by atoms with E-state index in [0.717, 1.165) is 36.5 Å². The van der Waals surface area contributed by atoms with Crippen molar-refractivity contribution < 1.29 is 9.53 Å². The maximum atomic E-state index is 12.1. The standard InChI is InChI=1S/C17H21N3O2/c1-13-5-3-6-14(11-13)20-17(21)16-8-7-15(12-19-16)18-9-4-10-22-2/h3,5-8,11-12,18H,4,9-10H2,1-2H3,(H,20,21). The molecular weight excluding hydrogens is 278 g/mol. The van der Waals surface area contributed by atoms with E-state index in [2.05, 4.69) is 15.6 Å². The summed E-state index contributed by atoms with van der Waals surface area (Å²) in [7, 11) is 1.68. The molecule has 0 aliphatic carbocycles. The largest absolute Gasteiger partial charge is 0.385 e. The number of anilines is 2. The van der Waals surface area contributed by atoms with Gasteiger partial charge in [0.05, 0.1) is 11.9 Å². The topological polar surface area (TPSA) is 63.2 Å². The first-order valence-electron chi connectivity index (χ1n) is 7.26. The van der Waals surface area contributed by atoms with Crippen LogP contribution in [0.25, 0.3) is 0 Å². The van der Waals surface area contributed by atoms with E-state index in [9.17, 15) is 4.79 Å². The Kier molecular flexibility index (Phi) is 5.91. The maximum Gasteiger partial charge on any atom is 0.274 e. The van der Waals surface area contributed by atoms with E-state index < -0.39 is 0 Å². The second kappa shape index (κ2) is 8.14.